The summed E-state index contributed by atoms with van der Waals surface area (Å²) in [6, 6.07) is 12.9. The highest BCUT2D eigenvalue weighted by atomic mass is 35.5. The summed E-state index contributed by atoms with van der Waals surface area (Å²) in [7, 11) is 0. The van der Waals surface area contributed by atoms with Crippen LogP contribution in [-0.4, -0.2) is 10.1 Å². The van der Waals surface area contributed by atoms with Gasteiger partial charge < -0.3 is 20.7 Å². The maximum atomic E-state index is 10.3. The lowest BCUT2D eigenvalue weighted by Crippen LogP contribution is -2.11. The lowest BCUT2D eigenvalue weighted by atomic mass is 9.99. The normalized spacial score (nSPS) is 15.8. The number of hydrogen-bond donors (Lipinski definition) is 4. The summed E-state index contributed by atoms with van der Waals surface area (Å²) in [5, 5.41) is 18.2. The number of para-hydroxylation sites is 2. The Labute approximate surface area is 143 Å². The molecule has 3 aromatic rings. The van der Waals surface area contributed by atoms with Crippen molar-refractivity contribution in [3.05, 3.63) is 69.8 Å². The molecule has 4 rings (SSSR count). The van der Waals surface area contributed by atoms with E-state index in [4.69, 9.17) is 23.2 Å². The van der Waals surface area contributed by atoms with Gasteiger partial charge in [-0.15, -0.1) is 0 Å². The van der Waals surface area contributed by atoms with Gasteiger partial charge in [-0.05, 0) is 29.8 Å². The van der Waals surface area contributed by atoms with Gasteiger partial charge in [0.15, 0.2) is 5.88 Å². The van der Waals surface area contributed by atoms with Crippen LogP contribution in [-0.2, 0) is 0 Å². The zero-order valence-corrected chi connectivity index (χ0v) is 13.4. The molecule has 1 aliphatic rings. The number of benzene rings is 2. The smallest absolute Gasteiger partial charge is 0.196 e. The van der Waals surface area contributed by atoms with E-state index in [1.54, 1.807) is 18.3 Å². The van der Waals surface area contributed by atoms with Gasteiger partial charge in [-0.25, -0.2) is 0 Å². The van der Waals surface area contributed by atoms with E-state index in [1.165, 1.54) is 0 Å². The lowest BCUT2D eigenvalue weighted by molar-refractivity contribution is 0.449. The SMILES string of the molecule is Oc1[nH]cc2c1C(c1ccc(Cl)cc1Cl)Nc1ccccc1N2. The van der Waals surface area contributed by atoms with Gasteiger partial charge in [-0.2, -0.15) is 0 Å². The second-order valence-electron chi connectivity index (χ2n) is 5.38. The Morgan fingerprint density at radius 2 is 1.74 bits per heavy atom. The Balaban J connectivity index is 1.92. The molecule has 1 aliphatic heterocycles. The maximum absolute atomic E-state index is 10.3. The second kappa shape index (κ2) is 5.41. The van der Waals surface area contributed by atoms with E-state index in [0.29, 0.717) is 15.6 Å². The van der Waals surface area contributed by atoms with Gasteiger partial charge in [0.25, 0.3) is 0 Å². The van der Waals surface area contributed by atoms with Crippen molar-refractivity contribution in [3.8, 4) is 5.88 Å². The first kappa shape index (κ1) is 14.3. The van der Waals surface area contributed by atoms with Crippen molar-refractivity contribution in [2.75, 3.05) is 10.6 Å². The molecule has 4 N–H and O–H groups in total. The Hall–Kier alpha value is -2.30. The van der Waals surface area contributed by atoms with Gasteiger partial charge in [-0.1, -0.05) is 41.4 Å². The van der Waals surface area contributed by atoms with E-state index in [1.807, 2.05) is 30.3 Å². The Kier molecular flexibility index (Phi) is 3.36. The van der Waals surface area contributed by atoms with Crippen molar-refractivity contribution in [1.29, 1.82) is 0 Å². The van der Waals surface area contributed by atoms with Crippen molar-refractivity contribution >= 4 is 40.3 Å². The number of anilines is 3. The zero-order chi connectivity index (χ0) is 16.0. The molecule has 1 unspecified atom stereocenters. The average molecular weight is 346 g/mol. The predicted molar refractivity (Wildman–Crippen MR) is 94.1 cm³/mol. The predicted octanol–water partition coefficient (Wildman–Crippen LogP) is 5.29. The minimum atomic E-state index is -0.308. The van der Waals surface area contributed by atoms with Crippen LogP contribution in [0.25, 0.3) is 0 Å². The fourth-order valence-electron chi connectivity index (χ4n) is 2.88. The molecule has 4 nitrogen and oxygen atoms in total. The molecule has 2 aromatic carbocycles. The van der Waals surface area contributed by atoms with Crippen LogP contribution in [0.15, 0.2) is 48.7 Å². The number of aromatic hydroxyl groups is 1. The van der Waals surface area contributed by atoms with E-state index < -0.39 is 0 Å². The monoisotopic (exact) mass is 345 g/mol. The summed E-state index contributed by atoms with van der Waals surface area (Å²) in [6.45, 7) is 0. The number of halogens is 2. The fraction of sp³-hybridized carbons (Fsp3) is 0.0588. The molecule has 1 aromatic heterocycles. The molecule has 0 spiro atoms. The van der Waals surface area contributed by atoms with E-state index in [0.717, 1.165) is 22.6 Å². The third kappa shape index (κ3) is 2.40. The molecule has 0 amide bonds. The van der Waals surface area contributed by atoms with Gasteiger partial charge >= 0.3 is 0 Å². The highest BCUT2D eigenvalue weighted by Crippen LogP contribution is 2.45. The zero-order valence-electron chi connectivity index (χ0n) is 11.9. The van der Waals surface area contributed by atoms with Gasteiger partial charge in [0.05, 0.1) is 28.7 Å². The number of H-pyrrole nitrogens is 1. The number of aromatic nitrogens is 1. The number of rotatable bonds is 1. The largest absolute Gasteiger partial charge is 0.494 e. The second-order valence-corrected chi connectivity index (χ2v) is 6.22. The minimum absolute atomic E-state index is 0.101. The molecular weight excluding hydrogens is 333 g/mol. The number of nitrogens with one attached hydrogen (secondary N) is 3. The molecule has 0 aliphatic carbocycles. The summed E-state index contributed by atoms with van der Waals surface area (Å²) in [6.07, 6.45) is 1.74. The molecule has 6 heteroatoms. The Morgan fingerprint density at radius 3 is 2.52 bits per heavy atom. The number of hydrogen-bond acceptors (Lipinski definition) is 3. The molecule has 2 heterocycles. The Bertz CT molecular complexity index is 891. The van der Waals surface area contributed by atoms with E-state index >= 15 is 0 Å². The van der Waals surface area contributed by atoms with Gasteiger partial charge in [-0.3, -0.25) is 0 Å². The van der Waals surface area contributed by atoms with Crippen LogP contribution in [0.3, 0.4) is 0 Å². The highest BCUT2D eigenvalue weighted by molar-refractivity contribution is 6.35. The molecule has 0 bridgehead atoms. The van der Waals surface area contributed by atoms with Gasteiger partial charge in [0, 0.05) is 16.2 Å². The summed E-state index contributed by atoms with van der Waals surface area (Å²) in [5.41, 5.74) is 4.21. The molecule has 0 saturated carbocycles. The van der Waals surface area contributed by atoms with E-state index in [2.05, 4.69) is 15.6 Å². The third-order valence-electron chi connectivity index (χ3n) is 3.96. The van der Waals surface area contributed by atoms with Crippen LogP contribution in [0, 0.1) is 0 Å². The number of aromatic amines is 1. The first-order valence-corrected chi connectivity index (χ1v) is 7.87. The quantitative estimate of drug-likeness (QED) is 0.484. The van der Waals surface area contributed by atoms with Crippen LogP contribution in [0.5, 0.6) is 5.88 Å². The lowest BCUT2D eigenvalue weighted by Gasteiger charge is -2.20. The van der Waals surface area contributed by atoms with Crippen molar-refractivity contribution < 1.29 is 5.11 Å². The van der Waals surface area contributed by atoms with E-state index in [9.17, 15) is 5.11 Å². The van der Waals surface area contributed by atoms with Crippen molar-refractivity contribution in [1.82, 2.24) is 4.98 Å². The van der Waals surface area contributed by atoms with Crippen LogP contribution in [0.1, 0.15) is 17.2 Å². The van der Waals surface area contributed by atoms with Gasteiger partial charge in [0.1, 0.15) is 0 Å². The first-order valence-electron chi connectivity index (χ1n) is 7.11. The number of fused-ring (bicyclic) bond motifs is 2. The van der Waals surface area contributed by atoms with Crippen LogP contribution < -0.4 is 10.6 Å². The van der Waals surface area contributed by atoms with Crippen LogP contribution >= 0.6 is 23.2 Å². The minimum Gasteiger partial charge on any atom is -0.494 e. The van der Waals surface area contributed by atoms with Crippen molar-refractivity contribution in [2.24, 2.45) is 0 Å². The highest BCUT2D eigenvalue weighted by Gasteiger charge is 2.28. The molecule has 0 radical (unpaired) electrons. The van der Waals surface area contributed by atoms with Crippen LogP contribution in [0.4, 0.5) is 17.1 Å². The summed E-state index contributed by atoms with van der Waals surface area (Å²) >= 11 is 12.4. The molecule has 0 saturated heterocycles. The molecule has 116 valence electrons. The first-order chi connectivity index (χ1) is 11.1. The summed E-state index contributed by atoms with van der Waals surface area (Å²) in [4.78, 5) is 2.85. The standard InChI is InChI=1S/C17H13Cl2N3O/c18-9-5-6-10(11(19)7-9)16-15-14(8-20-17(15)23)21-12-3-1-2-4-13(12)22-16/h1-8,16,20-23H. The van der Waals surface area contributed by atoms with E-state index in [-0.39, 0.29) is 11.9 Å². The van der Waals surface area contributed by atoms with Crippen molar-refractivity contribution in [2.45, 2.75) is 6.04 Å². The summed E-state index contributed by atoms with van der Waals surface area (Å²) < 4.78 is 0. The molecule has 0 fully saturated rings. The average Bonchev–Trinajstić information content (AvgIpc) is 2.79. The van der Waals surface area contributed by atoms with Crippen LogP contribution in [0.2, 0.25) is 10.0 Å². The topological polar surface area (TPSA) is 60.1 Å². The third-order valence-corrected chi connectivity index (χ3v) is 4.52. The molecular formula is C17H13Cl2N3O. The molecule has 1 atom stereocenters. The fourth-order valence-corrected chi connectivity index (χ4v) is 3.40. The summed E-state index contributed by atoms with van der Waals surface area (Å²) in [5.74, 6) is 0.101. The maximum Gasteiger partial charge on any atom is 0.196 e. The van der Waals surface area contributed by atoms with Crippen molar-refractivity contribution in [3.63, 3.8) is 0 Å². The molecule has 23 heavy (non-hydrogen) atoms. The Morgan fingerprint density at radius 1 is 0.957 bits per heavy atom. The van der Waals surface area contributed by atoms with Gasteiger partial charge in [0.2, 0.25) is 0 Å².